The Morgan fingerprint density at radius 3 is 2.12 bits per heavy atom. The van der Waals surface area contributed by atoms with E-state index in [4.69, 9.17) is 4.99 Å². The highest BCUT2D eigenvalue weighted by Crippen LogP contribution is 2.47. The third-order valence-electron chi connectivity index (χ3n) is 10.9. The standard InChI is InChI=1S/C21H22FN3.C20H19F2N3/c1-13-8-6-11-17-15(12-23-25(13)17)19-14-9-7-10-16(22)18(14)20(2,3)21(4,5)24-19;1-12-9-10-25-16(11-23-18(25)13(12)2)17-14-7-5-6-8-15(14)20(21,22)19(3,4)24-17/h6-12H,1-5H3;5-11H,1-4H3. The number of hydrogen-bond donors (Lipinski definition) is 0. The molecule has 8 rings (SSSR count). The van der Waals surface area contributed by atoms with Crippen molar-refractivity contribution in [2.24, 2.45) is 9.98 Å². The second-order valence-corrected chi connectivity index (χ2v) is 14.9. The van der Waals surface area contributed by atoms with Crippen molar-refractivity contribution in [2.45, 2.75) is 84.7 Å². The van der Waals surface area contributed by atoms with Crippen LogP contribution in [0.2, 0.25) is 0 Å². The molecule has 6 aromatic rings. The fraction of sp³-hybridized carbons (Fsp3) is 0.317. The lowest BCUT2D eigenvalue weighted by molar-refractivity contribution is -0.0682. The first-order valence-corrected chi connectivity index (χ1v) is 16.8. The number of benzene rings is 2. The third-order valence-corrected chi connectivity index (χ3v) is 10.9. The van der Waals surface area contributed by atoms with Crippen LogP contribution in [0.5, 0.6) is 0 Å². The van der Waals surface area contributed by atoms with Gasteiger partial charge in [0.1, 0.15) is 17.0 Å². The minimum Gasteiger partial charge on any atom is -0.298 e. The van der Waals surface area contributed by atoms with E-state index in [0.717, 1.165) is 56.1 Å². The highest BCUT2D eigenvalue weighted by Gasteiger charge is 2.53. The van der Waals surface area contributed by atoms with Crippen LogP contribution >= 0.6 is 0 Å². The van der Waals surface area contributed by atoms with Gasteiger partial charge in [-0.05, 0) is 83.9 Å². The first-order valence-electron chi connectivity index (χ1n) is 16.8. The Balaban J connectivity index is 0.000000157. The summed E-state index contributed by atoms with van der Waals surface area (Å²) in [5.41, 5.74) is 7.84. The Bertz CT molecular complexity index is 2390. The van der Waals surface area contributed by atoms with E-state index in [0.29, 0.717) is 11.3 Å². The van der Waals surface area contributed by atoms with E-state index < -0.39 is 22.4 Å². The molecule has 0 saturated carbocycles. The Morgan fingerprint density at radius 2 is 1.36 bits per heavy atom. The lowest BCUT2D eigenvalue weighted by Gasteiger charge is -2.44. The topological polar surface area (TPSA) is 59.3 Å². The maximum absolute atomic E-state index is 14.9. The van der Waals surface area contributed by atoms with E-state index in [1.54, 1.807) is 36.5 Å². The molecule has 0 N–H and O–H groups in total. The van der Waals surface area contributed by atoms with Gasteiger partial charge in [-0.2, -0.15) is 13.9 Å². The van der Waals surface area contributed by atoms with Crippen LogP contribution in [0.3, 0.4) is 0 Å². The second kappa shape index (κ2) is 11.2. The van der Waals surface area contributed by atoms with E-state index in [1.807, 2.05) is 72.4 Å². The van der Waals surface area contributed by atoms with Crippen LogP contribution in [-0.4, -0.2) is 41.5 Å². The molecule has 0 saturated heterocycles. The van der Waals surface area contributed by atoms with Crippen LogP contribution in [-0.2, 0) is 11.3 Å². The van der Waals surface area contributed by atoms with Crippen LogP contribution in [0.1, 0.15) is 91.9 Å². The van der Waals surface area contributed by atoms with Crippen molar-refractivity contribution in [1.29, 1.82) is 0 Å². The number of pyridine rings is 2. The number of nitrogens with zero attached hydrogens (tertiary/aromatic N) is 6. The van der Waals surface area contributed by atoms with Crippen LogP contribution in [0, 0.1) is 26.6 Å². The first kappa shape index (κ1) is 33.4. The third kappa shape index (κ3) is 4.84. The van der Waals surface area contributed by atoms with Crippen molar-refractivity contribution < 1.29 is 13.2 Å². The van der Waals surface area contributed by atoms with Gasteiger partial charge in [0, 0.05) is 45.1 Å². The predicted molar refractivity (Wildman–Crippen MR) is 194 cm³/mol. The number of imidazole rings is 1. The normalized spacial score (nSPS) is 18.1. The fourth-order valence-electron chi connectivity index (χ4n) is 7.03. The van der Waals surface area contributed by atoms with Gasteiger partial charge in [-0.3, -0.25) is 14.4 Å². The second-order valence-electron chi connectivity index (χ2n) is 14.9. The quantitative estimate of drug-likeness (QED) is 0.184. The van der Waals surface area contributed by atoms with Gasteiger partial charge < -0.3 is 0 Å². The predicted octanol–water partition coefficient (Wildman–Crippen LogP) is 9.36. The van der Waals surface area contributed by atoms with Crippen molar-refractivity contribution in [2.75, 3.05) is 0 Å². The van der Waals surface area contributed by atoms with Crippen molar-refractivity contribution in [1.82, 2.24) is 19.0 Å². The Kier molecular flexibility index (Phi) is 7.52. The number of hydrogen-bond acceptors (Lipinski definition) is 4. The molecule has 2 aliphatic heterocycles. The van der Waals surface area contributed by atoms with Crippen LogP contribution in [0.4, 0.5) is 13.2 Å². The summed E-state index contributed by atoms with van der Waals surface area (Å²) in [6.45, 7) is 17.3. The van der Waals surface area contributed by atoms with Gasteiger partial charge in [-0.1, -0.05) is 56.3 Å². The molecular formula is C41H41F3N6. The van der Waals surface area contributed by atoms with Gasteiger partial charge in [0.25, 0.3) is 5.92 Å². The lowest BCUT2D eigenvalue weighted by atomic mass is 9.65. The monoisotopic (exact) mass is 674 g/mol. The smallest absolute Gasteiger partial charge is 0.297 e. The molecule has 2 aliphatic rings. The zero-order valence-corrected chi connectivity index (χ0v) is 29.9. The zero-order chi connectivity index (χ0) is 36.0. The molecule has 6 nitrogen and oxygen atoms in total. The minimum atomic E-state index is -3.03. The highest BCUT2D eigenvalue weighted by atomic mass is 19.3. The number of rotatable bonds is 2. The molecule has 2 aromatic carbocycles. The van der Waals surface area contributed by atoms with Crippen molar-refractivity contribution in [3.8, 4) is 0 Å². The van der Waals surface area contributed by atoms with Gasteiger partial charge in [-0.15, -0.1) is 0 Å². The summed E-state index contributed by atoms with van der Waals surface area (Å²) in [5.74, 6) is -3.20. The van der Waals surface area contributed by atoms with E-state index >= 15 is 0 Å². The SMILES string of the molecule is Cc1cccc2c(C3=NC(C)(C)C(C)(C)c4c(F)cccc43)cnn12.Cc1ccn2c(C3=NC(C)(C)C(F)(F)c4ccccc43)cnc2c1C. The van der Waals surface area contributed by atoms with E-state index in [1.165, 1.54) is 19.9 Å². The number of aromatic nitrogens is 4. The maximum atomic E-state index is 14.9. The van der Waals surface area contributed by atoms with Gasteiger partial charge in [0.05, 0.1) is 40.6 Å². The molecule has 256 valence electrons. The summed E-state index contributed by atoms with van der Waals surface area (Å²) in [5, 5.41) is 4.51. The number of halogens is 3. The first-order chi connectivity index (χ1) is 23.5. The van der Waals surface area contributed by atoms with Gasteiger partial charge in [0.2, 0.25) is 0 Å². The van der Waals surface area contributed by atoms with E-state index in [2.05, 4.69) is 42.8 Å². The Morgan fingerprint density at radius 1 is 0.680 bits per heavy atom. The summed E-state index contributed by atoms with van der Waals surface area (Å²) in [6, 6.07) is 19.9. The van der Waals surface area contributed by atoms with Crippen LogP contribution in [0.15, 0.2) is 95.3 Å². The van der Waals surface area contributed by atoms with Gasteiger partial charge in [-0.25, -0.2) is 13.9 Å². The number of aliphatic imine (C=N–C) groups is 2. The molecule has 0 spiro atoms. The highest BCUT2D eigenvalue weighted by molar-refractivity contribution is 6.18. The zero-order valence-electron chi connectivity index (χ0n) is 29.9. The van der Waals surface area contributed by atoms with Crippen LogP contribution in [0.25, 0.3) is 11.2 Å². The molecule has 6 heterocycles. The number of aryl methyl sites for hydroxylation is 3. The van der Waals surface area contributed by atoms with Crippen molar-refractivity contribution in [3.05, 3.63) is 141 Å². The maximum Gasteiger partial charge on any atom is 0.297 e. The number of fused-ring (bicyclic) bond motifs is 4. The van der Waals surface area contributed by atoms with Gasteiger partial charge >= 0.3 is 0 Å². The molecule has 0 fully saturated rings. The molecule has 0 unspecified atom stereocenters. The molecule has 0 radical (unpaired) electrons. The summed E-state index contributed by atoms with van der Waals surface area (Å²) in [4.78, 5) is 14.0. The molecule has 50 heavy (non-hydrogen) atoms. The molecule has 0 amide bonds. The van der Waals surface area contributed by atoms with Crippen LogP contribution < -0.4 is 0 Å². The van der Waals surface area contributed by atoms with Crippen molar-refractivity contribution >= 4 is 22.6 Å². The van der Waals surface area contributed by atoms with E-state index in [9.17, 15) is 13.2 Å². The molecule has 9 heteroatoms. The summed E-state index contributed by atoms with van der Waals surface area (Å²) >= 11 is 0. The summed E-state index contributed by atoms with van der Waals surface area (Å²) < 4.78 is 48.4. The molecule has 4 aromatic heterocycles. The fourth-order valence-corrected chi connectivity index (χ4v) is 7.03. The van der Waals surface area contributed by atoms with Gasteiger partial charge in [0.15, 0.2) is 0 Å². The number of alkyl halides is 2. The minimum absolute atomic E-state index is 0.0174. The summed E-state index contributed by atoms with van der Waals surface area (Å²) in [7, 11) is 0. The lowest BCUT2D eigenvalue weighted by Crippen LogP contribution is -2.46. The molecule has 0 aliphatic carbocycles. The molecular weight excluding hydrogens is 633 g/mol. The molecule has 0 atom stereocenters. The van der Waals surface area contributed by atoms with Crippen molar-refractivity contribution in [3.63, 3.8) is 0 Å². The summed E-state index contributed by atoms with van der Waals surface area (Å²) in [6.07, 6.45) is 5.48. The average Bonchev–Trinajstić information content (AvgIpc) is 3.69. The average molecular weight is 675 g/mol. The largest absolute Gasteiger partial charge is 0.298 e. The van der Waals surface area contributed by atoms with E-state index in [-0.39, 0.29) is 11.4 Å². The molecule has 0 bridgehead atoms. The Hall–Kier alpha value is -5.05. The Labute approximate surface area is 290 Å².